The number of hydrogen-bond acceptors (Lipinski definition) is 8. The molecule has 3 atom stereocenters. The molecule has 4 aromatic rings. The van der Waals surface area contributed by atoms with Crippen molar-refractivity contribution in [3.8, 4) is 0 Å². The lowest BCUT2D eigenvalue weighted by Gasteiger charge is -2.30. The zero-order valence-electron chi connectivity index (χ0n) is 22.7. The molecule has 1 saturated heterocycles. The van der Waals surface area contributed by atoms with E-state index in [-0.39, 0.29) is 16.3 Å². The number of aromatic nitrogens is 1. The Morgan fingerprint density at radius 1 is 0.933 bits per heavy atom. The minimum atomic E-state index is -4.69. The molecule has 45 heavy (non-hydrogen) atoms. The maximum Gasteiger partial charge on any atom is 0.416 e. The SMILES string of the molecule is NS(=O)(=O)c1ccc(NC(=O)Cn2c3c(sc2=O)[C@@H](c2ccccc2)[C@@H]2C(=O)N(c4cccc(C(F)(F)F)c4)C(=O)[C@@H]2S3)cc1. The average molecular weight is 675 g/mol. The number of rotatable bonds is 6. The summed E-state index contributed by atoms with van der Waals surface area (Å²) in [6, 6.07) is 17.7. The zero-order chi connectivity index (χ0) is 32.3. The molecule has 3 amide bonds. The van der Waals surface area contributed by atoms with Crippen molar-refractivity contribution in [2.75, 3.05) is 10.2 Å². The summed E-state index contributed by atoms with van der Waals surface area (Å²) in [5.74, 6) is -3.86. The molecule has 1 fully saturated rings. The Morgan fingerprint density at radius 3 is 2.27 bits per heavy atom. The molecule has 2 aliphatic rings. The first kappa shape index (κ1) is 30.8. The van der Waals surface area contributed by atoms with Crippen LogP contribution in [0.5, 0.6) is 0 Å². The summed E-state index contributed by atoms with van der Waals surface area (Å²) in [7, 11) is -3.94. The van der Waals surface area contributed by atoms with Crippen molar-refractivity contribution in [2.24, 2.45) is 11.1 Å². The van der Waals surface area contributed by atoms with Crippen LogP contribution in [0.1, 0.15) is 21.9 Å². The van der Waals surface area contributed by atoms with E-state index >= 15 is 0 Å². The molecule has 1 aromatic heterocycles. The van der Waals surface area contributed by atoms with Crippen molar-refractivity contribution in [3.63, 3.8) is 0 Å². The number of nitrogens with zero attached hydrogens (tertiary/aromatic N) is 2. The minimum absolute atomic E-state index is 0.156. The van der Waals surface area contributed by atoms with Crippen LogP contribution in [0.15, 0.2) is 93.6 Å². The van der Waals surface area contributed by atoms with E-state index in [2.05, 4.69) is 5.32 Å². The van der Waals surface area contributed by atoms with Gasteiger partial charge in [-0.15, -0.1) is 0 Å². The number of sulfonamides is 1. The third-order valence-electron chi connectivity index (χ3n) is 7.41. The zero-order valence-corrected chi connectivity index (χ0v) is 25.2. The van der Waals surface area contributed by atoms with Crippen LogP contribution in [0.4, 0.5) is 24.5 Å². The van der Waals surface area contributed by atoms with Gasteiger partial charge in [-0.2, -0.15) is 13.2 Å². The number of alkyl halides is 3. The van der Waals surface area contributed by atoms with Crippen LogP contribution in [-0.4, -0.2) is 36.0 Å². The number of thioether (sulfide) groups is 1. The number of amides is 3. The van der Waals surface area contributed by atoms with Gasteiger partial charge in [-0.3, -0.25) is 23.7 Å². The third-order valence-corrected chi connectivity index (χ3v) is 10.9. The van der Waals surface area contributed by atoms with Crippen LogP contribution >= 0.6 is 23.1 Å². The lowest BCUT2D eigenvalue weighted by atomic mass is 9.83. The number of thiazole rings is 1. The Kier molecular flexibility index (Phi) is 7.71. The van der Waals surface area contributed by atoms with Crippen LogP contribution in [0.2, 0.25) is 0 Å². The molecule has 3 heterocycles. The number of benzene rings is 3. The molecule has 0 spiro atoms. The van der Waals surface area contributed by atoms with Crippen molar-refractivity contribution in [2.45, 2.75) is 33.8 Å². The van der Waals surface area contributed by atoms with Crippen LogP contribution in [0.25, 0.3) is 0 Å². The lowest BCUT2D eigenvalue weighted by Crippen LogP contribution is -2.33. The highest BCUT2D eigenvalue weighted by molar-refractivity contribution is 8.00. The van der Waals surface area contributed by atoms with Crippen molar-refractivity contribution in [1.82, 2.24) is 4.57 Å². The fraction of sp³-hybridized carbons (Fsp3) is 0.172. The van der Waals surface area contributed by atoms with E-state index in [9.17, 15) is 40.8 Å². The largest absolute Gasteiger partial charge is 0.416 e. The fourth-order valence-electron chi connectivity index (χ4n) is 5.42. The van der Waals surface area contributed by atoms with E-state index in [1.165, 1.54) is 34.9 Å². The van der Waals surface area contributed by atoms with Gasteiger partial charge in [0.2, 0.25) is 27.7 Å². The molecular formula is C29H21F3N4O6S3. The normalized spacial score (nSPS) is 19.7. The molecule has 232 valence electrons. The molecule has 16 heteroatoms. The monoisotopic (exact) mass is 674 g/mol. The molecule has 0 aliphatic carbocycles. The van der Waals surface area contributed by atoms with Crippen LogP contribution in [0, 0.1) is 5.92 Å². The van der Waals surface area contributed by atoms with Gasteiger partial charge in [-0.25, -0.2) is 18.5 Å². The van der Waals surface area contributed by atoms with Crippen molar-refractivity contribution < 1.29 is 36.0 Å². The van der Waals surface area contributed by atoms with Gasteiger partial charge in [0, 0.05) is 16.5 Å². The predicted octanol–water partition coefficient (Wildman–Crippen LogP) is 4.01. The van der Waals surface area contributed by atoms with E-state index < -0.39 is 68.0 Å². The molecule has 0 radical (unpaired) electrons. The molecule has 0 bridgehead atoms. The second-order valence-electron chi connectivity index (χ2n) is 10.3. The van der Waals surface area contributed by atoms with Gasteiger partial charge in [-0.1, -0.05) is 59.5 Å². The van der Waals surface area contributed by atoms with Gasteiger partial charge in [0.15, 0.2) is 0 Å². The number of primary sulfonamides is 1. The number of hydrogen-bond donors (Lipinski definition) is 2. The Morgan fingerprint density at radius 2 is 1.62 bits per heavy atom. The predicted molar refractivity (Wildman–Crippen MR) is 160 cm³/mol. The number of carbonyl (C=O) groups excluding carboxylic acids is 3. The number of anilines is 2. The first-order valence-electron chi connectivity index (χ1n) is 13.2. The van der Waals surface area contributed by atoms with Gasteiger partial charge in [-0.05, 0) is 48.0 Å². The Bertz CT molecular complexity index is 2010. The number of halogens is 3. The summed E-state index contributed by atoms with van der Waals surface area (Å²) >= 11 is 1.75. The second kappa shape index (κ2) is 11.3. The van der Waals surface area contributed by atoms with E-state index in [0.29, 0.717) is 15.5 Å². The summed E-state index contributed by atoms with van der Waals surface area (Å²) in [5.41, 5.74) is -0.363. The molecule has 0 unspecified atom stereocenters. The van der Waals surface area contributed by atoms with Crippen LogP contribution in [-0.2, 0) is 37.1 Å². The summed E-state index contributed by atoms with van der Waals surface area (Å²) < 4.78 is 64.6. The molecular weight excluding hydrogens is 654 g/mol. The molecule has 3 aromatic carbocycles. The number of nitrogens with two attached hydrogens (primary N) is 1. The minimum Gasteiger partial charge on any atom is -0.325 e. The first-order valence-corrected chi connectivity index (χ1v) is 16.4. The Hall–Kier alpha value is -4.25. The molecule has 6 rings (SSSR count). The van der Waals surface area contributed by atoms with E-state index in [1.54, 1.807) is 30.3 Å². The smallest absolute Gasteiger partial charge is 0.325 e. The number of fused-ring (bicyclic) bond motifs is 2. The van der Waals surface area contributed by atoms with E-state index in [4.69, 9.17) is 5.14 Å². The Labute approximate surface area is 261 Å². The molecule has 10 nitrogen and oxygen atoms in total. The van der Waals surface area contributed by atoms with Crippen molar-refractivity contribution in [1.29, 1.82) is 0 Å². The molecule has 2 aliphatic heterocycles. The fourth-order valence-corrected chi connectivity index (χ4v) is 8.71. The maximum atomic E-state index is 13.9. The summed E-state index contributed by atoms with van der Waals surface area (Å²) in [6.07, 6.45) is -4.69. The van der Waals surface area contributed by atoms with Crippen molar-refractivity contribution >= 4 is 62.2 Å². The summed E-state index contributed by atoms with van der Waals surface area (Å²) in [4.78, 5) is 54.5. The topological polar surface area (TPSA) is 149 Å². The summed E-state index contributed by atoms with van der Waals surface area (Å²) in [5, 5.41) is 6.90. The molecule has 0 saturated carbocycles. The maximum absolute atomic E-state index is 13.9. The van der Waals surface area contributed by atoms with Crippen molar-refractivity contribution in [3.05, 3.63) is 105 Å². The standard InChI is InChI=1S/C29H21F3N4O6S3/c30-29(31,32)16-7-4-8-18(13-16)36-25(38)22-21(15-5-2-1-3-6-15)24-27(43-23(22)26(36)39)35(28(40)44-24)14-20(37)34-17-9-11-19(12-10-17)45(33,41)42/h1-13,21-23H,14H2,(H,34,37)(H2,33,41,42)/t21-,22-,23+/m0/s1. The van der Waals surface area contributed by atoms with Gasteiger partial charge >= 0.3 is 11.0 Å². The summed E-state index contributed by atoms with van der Waals surface area (Å²) in [6.45, 7) is -0.465. The number of carbonyl (C=O) groups is 3. The first-order chi connectivity index (χ1) is 21.2. The van der Waals surface area contributed by atoms with Crippen LogP contribution < -0.4 is 20.2 Å². The number of imide groups is 1. The molecule has 3 N–H and O–H groups in total. The van der Waals surface area contributed by atoms with E-state index in [1.807, 2.05) is 0 Å². The third kappa shape index (κ3) is 5.69. The van der Waals surface area contributed by atoms with Crippen LogP contribution in [0.3, 0.4) is 0 Å². The highest BCUT2D eigenvalue weighted by atomic mass is 32.2. The second-order valence-corrected chi connectivity index (χ2v) is 13.9. The number of nitrogens with one attached hydrogen (secondary N) is 1. The average Bonchev–Trinajstić information content (AvgIpc) is 3.43. The highest BCUT2D eigenvalue weighted by Crippen LogP contribution is 2.54. The lowest BCUT2D eigenvalue weighted by molar-refractivity contribution is -0.137. The van der Waals surface area contributed by atoms with Gasteiger partial charge < -0.3 is 5.32 Å². The van der Waals surface area contributed by atoms with Gasteiger partial charge in [0.05, 0.1) is 27.1 Å². The van der Waals surface area contributed by atoms with E-state index in [0.717, 1.165) is 46.2 Å². The Balaban J connectivity index is 1.36. The van der Waals surface area contributed by atoms with Gasteiger partial charge in [0.25, 0.3) is 0 Å². The van der Waals surface area contributed by atoms with Gasteiger partial charge in [0.1, 0.15) is 11.8 Å². The highest BCUT2D eigenvalue weighted by Gasteiger charge is 2.57. The quantitative estimate of drug-likeness (QED) is 0.294.